The van der Waals surface area contributed by atoms with Crippen LogP contribution in [-0.4, -0.2) is 48.9 Å². The summed E-state index contributed by atoms with van der Waals surface area (Å²) in [7, 11) is 0. The Morgan fingerprint density at radius 1 is 1.39 bits per heavy atom. The van der Waals surface area contributed by atoms with E-state index in [1.165, 1.54) is 12.8 Å². The van der Waals surface area contributed by atoms with Crippen molar-refractivity contribution < 1.29 is 9.59 Å². The Morgan fingerprint density at radius 2 is 2.22 bits per heavy atom. The van der Waals surface area contributed by atoms with Gasteiger partial charge in [0.05, 0.1) is 18.5 Å². The monoisotopic (exact) mass is 251 g/mol. The molecule has 1 saturated carbocycles. The number of nitrogens with zero attached hydrogens (tertiary/aromatic N) is 1. The lowest BCUT2D eigenvalue weighted by molar-refractivity contribution is -0.135. The number of fused-ring (bicyclic) bond motifs is 1. The Morgan fingerprint density at radius 3 is 3.00 bits per heavy atom. The molecule has 0 radical (unpaired) electrons. The number of likely N-dealkylation sites (tertiary alicyclic amines) is 1. The molecule has 2 aliphatic heterocycles. The van der Waals surface area contributed by atoms with Crippen LogP contribution in [0.15, 0.2) is 0 Å². The van der Waals surface area contributed by atoms with Crippen molar-refractivity contribution in [3.8, 4) is 0 Å². The molecule has 0 bridgehead atoms. The maximum Gasteiger partial charge on any atom is 0.236 e. The molecule has 3 rings (SSSR count). The van der Waals surface area contributed by atoms with Gasteiger partial charge in [-0.2, -0.15) is 0 Å². The molecule has 2 amide bonds. The van der Waals surface area contributed by atoms with Crippen molar-refractivity contribution in [2.24, 2.45) is 11.8 Å². The van der Waals surface area contributed by atoms with Gasteiger partial charge in [0.25, 0.3) is 0 Å². The minimum Gasteiger partial charge on any atom is -0.354 e. The normalized spacial score (nSPS) is 31.1. The van der Waals surface area contributed by atoms with Crippen LogP contribution >= 0.6 is 0 Å². The van der Waals surface area contributed by atoms with Crippen molar-refractivity contribution in [3.05, 3.63) is 0 Å². The summed E-state index contributed by atoms with van der Waals surface area (Å²) in [5, 5.41) is 6.12. The number of hydrogen-bond acceptors (Lipinski definition) is 3. The predicted octanol–water partition coefficient (Wildman–Crippen LogP) is -0.277. The van der Waals surface area contributed by atoms with E-state index in [2.05, 4.69) is 10.6 Å². The third-order valence-corrected chi connectivity index (χ3v) is 4.33. The molecule has 2 unspecified atom stereocenters. The minimum absolute atomic E-state index is 0.0335. The first-order valence-electron chi connectivity index (χ1n) is 7.03. The molecule has 0 aromatic carbocycles. The van der Waals surface area contributed by atoms with E-state index < -0.39 is 0 Å². The highest BCUT2D eigenvalue weighted by Crippen LogP contribution is 2.28. The molecule has 0 spiro atoms. The third kappa shape index (κ3) is 2.36. The zero-order valence-corrected chi connectivity index (χ0v) is 10.7. The summed E-state index contributed by atoms with van der Waals surface area (Å²) in [6.45, 7) is 2.83. The molecule has 5 nitrogen and oxygen atoms in total. The first-order chi connectivity index (χ1) is 8.75. The number of piperidine rings is 1. The van der Waals surface area contributed by atoms with Gasteiger partial charge >= 0.3 is 0 Å². The highest BCUT2D eigenvalue weighted by atomic mass is 16.2. The summed E-state index contributed by atoms with van der Waals surface area (Å²) in [4.78, 5) is 25.7. The van der Waals surface area contributed by atoms with E-state index in [-0.39, 0.29) is 23.8 Å². The third-order valence-electron chi connectivity index (χ3n) is 4.33. The lowest BCUT2D eigenvalue weighted by atomic mass is 9.91. The van der Waals surface area contributed by atoms with Gasteiger partial charge in [0.1, 0.15) is 0 Å². The molecule has 3 fully saturated rings. The Labute approximate surface area is 107 Å². The number of carbonyl (C=O) groups is 2. The molecule has 18 heavy (non-hydrogen) atoms. The lowest BCUT2D eigenvalue weighted by Gasteiger charge is -2.36. The summed E-state index contributed by atoms with van der Waals surface area (Å²) >= 11 is 0. The van der Waals surface area contributed by atoms with E-state index in [1.807, 2.05) is 4.90 Å². The zero-order valence-electron chi connectivity index (χ0n) is 10.7. The van der Waals surface area contributed by atoms with Gasteiger partial charge in [-0.3, -0.25) is 9.59 Å². The molecule has 1 aliphatic carbocycles. The maximum atomic E-state index is 12.2. The topological polar surface area (TPSA) is 61.4 Å². The SMILES string of the molecule is O=C1NCC2C1CCCN2C(=O)CNCC1CC1. The summed E-state index contributed by atoms with van der Waals surface area (Å²) < 4.78 is 0. The fraction of sp³-hybridized carbons (Fsp3) is 0.846. The highest BCUT2D eigenvalue weighted by Gasteiger charge is 2.42. The van der Waals surface area contributed by atoms with Crippen LogP contribution < -0.4 is 10.6 Å². The Bertz CT molecular complexity index is 354. The molecule has 2 atom stereocenters. The van der Waals surface area contributed by atoms with Gasteiger partial charge in [0, 0.05) is 13.1 Å². The second-order valence-electron chi connectivity index (χ2n) is 5.72. The molecule has 5 heteroatoms. The fourth-order valence-electron chi connectivity index (χ4n) is 3.07. The summed E-state index contributed by atoms with van der Waals surface area (Å²) in [5.41, 5.74) is 0. The Hall–Kier alpha value is -1.10. The quantitative estimate of drug-likeness (QED) is 0.722. The average molecular weight is 251 g/mol. The first-order valence-corrected chi connectivity index (χ1v) is 7.03. The van der Waals surface area contributed by atoms with Gasteiger partial charge in [0.2, 0.25) is 11.8 Å². The van der Waals surface area contributed by atoms with Gasteiger partial charge in [-0.25, -0.2) is 0 Å². The molecule has 2 saturated heterocycles. The lowest BCUT2D eigenvalue weighted by Crippen LogP contribution is -2.51. The van der Waals surface area contributed by atoms with Crippen LogP contribution in [0, 0.1) is 11.8 Å². The molecule has 100 valence electrons. The van der Waals surface area contributed by atoms with Crippen molar-refractivity contribution in [1.82, 2.24) is 15.5 Å². The second kappa shape index (κ2) is 4.88. The van der Waals surface area contributed by atoms with Crippen LogP contribution in [0.1, 0.15) is 25.7 Å². The average Bonchev–Trinajstić information content (AvgIpc) is 3.12. The summed E-state index contributed by atoms with van der Waals surface area (Å²) in [6.07, 6.45) is 4.47. The van der Waals surface area contributed by atoms with Gasteiger partial charge < -0.3 is 15.5 Å². The Balaban J connectivity index is 1.53. The Kier molecular flexibility index (Phi) is 3.24. The van der Waals surface area contributed by atoms with Crippen molar-refractivity contribution in [1.29, 1.82) is 0 Å². The van der Waals surface area contributed by atoms with Crippen molar-refractivity contribution >= 4 is 11.8 Å². The number of amides is 2. The molecule has 2 heterocycles. The van der Waals surface area contributed by atoms with E-state index in [1.54, 1.807) is 0 Å². The predicted molar refractivity (Wildman–Crippen MR) is 66.8 cm³/mol. The van der Waals surface area contributed by atoms with Crippen LogP contribution in [0.5, 0.6) is 0 Å². The van der Waals surface area contributed by atoms with Crippen LogP contribution in [0.3, 0.4) is 0 Å². The van der Waals surface area contributed by atoms with E-state index in [0.717, 1.165) is 31.8 Å². The number of nitrogens with one attached hydrogen (secondary N) is 2. The molecule has 3 aliphatic rings. The summed E-state index contributed by atoms with van der Waals surface area (Å²) in [5.74, 6) is 1.11. The van der Waals surface area contributed by atoms with Crippen LogP contribution in [-0.2, 0) is 9.59 Å². The maximum absolute atomic E-state index is 12.2. The van der Waals surface area contributed by atoms with Gasteiger partial charge in [0.15, 0.2) is 0 Å². The van der Waals surface area contributed by atoms with Crippen LogP contribution in [0.4, 0.5) is 0 Å². The summed E-state index contributed by atoms with van der Waals surface area (Å²) in [6, 6.07) is 0.0986. The van der Waals surface area contributed by atoms with Gasteiger partial charge in [-0.05, 0) is 38.1 Å². The van der Waals surface area contributed by atoms with Gasteiger partial charge in [-0.1, -0.05) is 0 Å². The second-order valence-corrected chi connectivity index (χ2v) is 5.72. The number of hydrogen-bond donors (Lipinski definition) is 2. The first kappa shape index (κ1) is 12.0. The van der Waals surface area contributed by atoms with Gasteiger partial charge in [-0.15, -0.1) is 0 Å². The molecule has 2 N–H and O–H groups in total. The van der Waals surface area contributed by atoms with Crippen molar-refractivity contribution in [2.45, 2.75) is 31.7 Å². The largest absolute Gasteiger partial charge is 0.354 e. The van der Waals surface area contributed by atoms with E-state index in [9.17, 15) is 9.59 Å². The van der Waals surface area contributed by atoms with E-state index >= 15 is 0 Å². The molecule has 0 aromatic heterocycles. The van der Waals surface area contributed by atoms with Crippen molar-refractivity contribution in [3.63, 3.8) is 0 Å². The minimum atomic E-state index is 0.0335. The fourth-order valence-corrected chi connectivity index (χ4v) is 3.07. The number of rotatable bonds is 4. The van der Waals surface area contributed by atoms with Crippen LogP contribution in [0.25, 0.3) is 0 Å². The molecular formula is C13H21N3O2. The van der Waals surface area contributed by atoms with E-state index in [4.69, 9.17) is 0 Å². The van der Waals surface area contributed by atoms with E-state index in [0.29, 0.717) is 13.1 Å². The zero-order chi connectivity index (χ0) is 12.5. The smallest absolute Gasteiger partial charge is 0.236 e. The molecular weight excluding hydrogens is 230 g/mol. The van der Waals surface area contributed by atoms with Crippen LogP contribution in [0.2, 0.25) is 0 Å². The highest BCUT2D eigenvalue weighted by molar-refractivity contribution is 5.85. The standard InChI is InChI=1S/C13H21N3O2/c17-12(8-14-6-9-3-4-9)16-5-1-2-10-11(16)7-15-13(10)18/h9-11,14H,1-8H2,(H,15,18). The molecule has 0 aromatic rings. The van der Waals surface area contributed by atoms with Crippen molar-refractivity contribution in [2.75, 3.05) is 26.2 Å². The number of carbonyl (C=O) groups excluding carboxylic acids is 2.